The van der Waals surface area contributed by atoms with Crippen molar-refractivity contribution in [1.82, 2.24) is 0 Å². The van der Waals surface area contributed by atoms with E-state index in [2.05, 4.69) is 0 Å². The molecule has 1 aromatic rings. The number of hydrogen-bond acceptors (Lipinski definition) is 5. The molecule has 0 spiro atoms. The van der Waals surface area contributed by atoms with Gasteiger partial charge < -0.3 is 9.64 Å². The first-order valence-electron chi connectivity index (χ1n) is 6.63. The molecule has 0 aliphatic carbocycles. The lowest BCUT2D eigenvalue weighted by molar-refractivity contribution is -0.117. The van der Waals surface area contributed by atoms with E-state index in [1.807, 2.05) is 0 Å². The molecule has 1 aromatic carbocycles. The standard InChI is InChI=1S/C14H16ClNO5S/c1-9-11(14(18)21-2)4-3-5-12(9)16-7-10(6-13(16)17)8-22(15,19)20/h3-5,10H,6-8H2,1-2H3. The van der Waals surface area contributed by atoms with Crippen LogP contribution in [0.25, 0.3) is 0 Å². The highest BCUT2D eigenvalue weighted by atomic mass is 35.7. The maximum atomic E-state index is 12.1. The van der Waals surface area contributed by atoms with Crippen LogP contribution in [0.2, 0.25) is 0 Å². The van der Waals surface area contributed by atoms with Crippen molar-refractivity contribution in [1.29, 1.82) is 0 Å². The van der Waals surface area contributed by atoms with Gasteiger partial charge in [0.1, 0.15) is 0 Å². The summed E-state index contributed by atoms with van der Waals surface area (Å²) >= 11 is 0. The second-order valence-electron chi connectivity index (χ2n) is 5.22. The minimum atomic E-state index is -3.65. The molecule has 1 aliphatic heterocycles. The van der Waals surface area contributed by atoms with Crippen LogP contribution in [0.15, 0.2) is 18.2 Å². The average Bonchev–Trinajstić information content (AvgIpc) is 2.76. The van der Waals surface area contributed by atoms with E-state index in [0.717, 1.165) is 0 Å². The first-order valence-corrected chi connectivity index (χ1v) is 9.11. The molecular formula is C14H16ClNO5S. The van der Waals surface area contributed by atoms with Crippen molar-refractivity contribution in [3.63, 3.8) is 0 Å². The minimum absolute atomic E-state index is 0.119. The van der Waals surface area contributed by atoms with Gasteiger partial charge in [-0.2, -0.15) is 0 Å². The van der Waals surface area contributed by atoms with Gasteiger partial charge in [0.25, 0.3) is 0 Å². The van der Waals surface area contributed by atoms with E-state index in [9.17, 15) is 18.0 Å². The quantitative estimate of drug-likeness (QED) is 0.613. The Balaban J connectivity index is 2.29. The minimum Gasteiger partial charge on any atom is -0.465 e. The number of benzene rings is 1. The Labute approximate surface area is 133 Å². The number of methoxy groups -OCH3 is 1. The van der Waals surface area contributed by atoms with Gasteiger partial charge >= 0.3 is 5.97 Å². The number of carbonyl (C=O) groups excluding carboxylic acids is 2. The van der Waals surface area contributed by atoms with E-state index >= 15 is 0 Å². The highest BCUT2D eigenvalue weighted by Crippen LogP contribution is 2.30. The monoisotopic (exact) mass is 345 g/mol. The van der Waals surface area contributed by atoms with Crippen molar-refractivity contribution < 1.29 is 22.7 Å². The Hall–Kier alpha value is -1.60. The molecule has 1 aliphatic rings. The molecule has 1 amide bonds. The predicted molar refractivity (Wildman–Crippen MR) is 82.6 cm³/mol. The van der Waals surface area contributed by atoms with E-state index < -0.39 is 15.0 Å². The Kier molecular flexibility index (Phi) is 4.77. The number of carbonyl (C=O) groups is 2. The van der Waals surface area contributed by atoms with Crippen molar-refractivity contribution in [3.05, 3.63) is 29.3 Å². The van der Waals surface area contributed by atoms with Crippen LogP contribution in [0.3, 0.4) is 0 Å². The van der Waals surface area contributed by atoms with Crippen molar-refractivity contribution in [2.75, 3.05) is 24.3 Å². The zero-order valence-electron chi connectivity index (χ0n) is 12.2. The number of anilines is 1. The Morgan fingerprint density at radius 3 is 2.73 bits per heavy atom. The summed E-state index contributed by atoms with van der Waals surface area (Å²) in [5, 5.41) is 0. The van der Waals surface area contributed by atoms with E-state index in [4.69, 9.17) is 15.4 Å². The normalized spacial score (nSPS) is 18.6. The molecule has 6 nitrogen and oxygen atoms in total. The Bertz CT molecular complexity index is 716. The van der Waals surface area contributed by atoms with E-state index in [1.165, 1.54) is 12.0 Å². The zero-order chi connectivity index (χ0) is 16.5. The molecule has 0 aromatic heterocycles. The van der Waals surface area contributed by atoms with Crippen LogP contribution >= 0.6 is 10.7 Å². The van der Waals surface area contributed by atoms with Crippen LogP contribution < -0.4 is 4.90 Å². The number of halogens is 1. The van der Waals surface area contributed by atoms with Crippen molar-refractivity contribution in [2.45, 2.75) is 13.3 Å². The summed E-state index contributed by atoms with van der Waals surface area (Å²) in [6.07, 6.45) is 0.119. The van der Waals surface area contributed by atoms with Gasteiger partial charge in [0.05, 0.1) is 18.4 Å². The maximum absolute atomic E-state index is 12.1. The van der Waals surface area contributed by atoms with Crippen LogP contribution in [-0.4, -0.2) is 39.7 Å². The second kappa shape index (κ2) is 6.26. The first-order chi connectivity index (χ1) is 10.2. The number of hydrogen-bond donors (Lipinski definition) is 0. The topological polar surface area (TPSA) is 80.8 Å². The maximum Gasteiger partial charge on any atom is 0.338 e. The van der Waals surface area contributed by atoms with Gasteiger partial charge in [0, 0.05) is 35.3 Å². The van der Waals surface area contributed by atoms with Crippen molar-refractivity contribution in [3.8, 4) is 0 Å². The Morgan fingerprint density at radius 2 is 2.14 bits per heavy atom. The molecule has 1 heterocycles. The van der Waals surface area contributed by atoms with Gasteiger partial charge in [-0.15, -0.1) is 0 Å². The van der Waals surface area contributed by atoms with Gasteiger partial charge in [0.15, 0.2) is 0 Å². The van der Waals surface area contributed by atoms with Gasteiger partial charge in [-0.3, -0.25) is 4.79 Å². The van der Waals surface area contributed by atoms with Gasteiger partial charge in [-0.05, 0) is 24.6 Å². The predicted octanol–water partition coefficient (Wildman–Crippen LogP) is 1.70. The highest BCUT2D eigenvalue weighted by molar-refractivity contribution is 8.13. The lowest BCUT2D eigenvalue weighted by Crippen LogP contribution is -2.26. The fraction of sp³-hybridized carbons (Fsp3) is 0.429. The lowest BCUT2D eigenvalue weighted by Gasteiger charge is -2.20. The molecular weight excluding hydrogens is 330 g/mol. The molecule has 0 N–H and O–H groups in total. The summed E-state index contributed by atoms with van der Waals surface area (Å²) in [6, 6.07) is 5.00. The van der Waals surface area contributed by atoms with E-state index in [1.54, 1.807) is 25.1 Å². The van der Waals surface area contributed by atoms with Gasteiger partial charge in [-0.1, -0.05) is 6.07 Å². The summed E-state index contributed by atoms with van der Waals surface area (Å²) < 4.78 is 27.0. The molecule has 1 saturated heterocycles. The third kappa shape index (κ3) is 3.59. The molecule has 0 bridgehead atoms. The van der Waals surface area contributed by atoms with Crippen LogP contribution in [-0.2, 0) is 18.6 Å². The van der Waals surface area contributed by atoms with Gasteiger partial charge in [0.2, 0.25) is 15.0 Å². The number of esters is 1. The molecule has 0 radical (unpaired) electrons. The first kappa shape index (κ1) is 16.8. The fourth-order valence-electron chi connectivity index (χ4n) is 2.65. The van der Waals surface area contributed by atoms with E-state index in [0.29, 0.717) is 16.8 Å². The van der Waals surface area contributed by atoms with Gasteiger partial charge in [-0.25, -0.2) is 13.2 Å². The van der Waals surface area contributed by atoms with Crippen LogP contribution in [0, 0.1) is 12.8 Å². The van der Waals surface area contributed by atoms with E-state index in [-0.39, 0.29) is 30.5 Å². The van der Waals surface area contributed by atoms with Crippen molar-refractivity contribution in [2.24, 2.45) is 5.92 Å². The molecule has 1 atom stereocenters. The number of ether oxygens (including phenoxy) is 1. The summed E-state index contributed by atoms with van der Waals surface area (Å²) in [5.41, 5.74) is 1.58. The third-order valence-corrected chi connectivity index (χ3v) is 4.89. The Morgan fingerprint density at radius 1 is 1.45 bits per heavy atom. The number of nitrogens with zero attached hydrogens (tertiary/aromatic N) is 1. The smallest absolute Gasteiger partial charge is 0.338 e. The van der Waals surface area contributed by atoms with Crippen LogP contribution in [0.5, 0.6) is 0 Å². The SMILES string of the molecule is COC(=O)c1cccc(N2CC(CS(=O)(=O)Cl)CC2=O)c1C. The average molecular weight is 346 g/mol. The van der Waals surface area contributed by atoms with Crippen LogP contribution in [0.4, 0.5) is 5.69 Å². The molecule has 8 heteroatoms. The molecule has 1 fully saturated rings. The number of amides is 1. The second-order valence-corrected chi connectivity index (χ2v) is 8.04. The zero-order valence-corrected chi connectivity index (χ0v) is 13.8. The summed E-state index contributed by atoms with van der Waals surface area (Å²) in [7, 11) is 2.89. The molecule has 1 unspecified atom stereocenters. The molecule has 120 valence electrons. The highest BCUT2D eigenvalue weighted by Gasteiger charge is 2.34. The lowest BCUT2D eigenvalue weighted by atomic mass is 10.1. The molecule has 2 rings (SSSR count). The van der Waals surface area contributed by atoms with Crippen molar-refractivity contribution >= 4 is 37.3 Å². The summed E-state index contributed by atoms with van der Waals surface area (Å²) in [5.74, 6) is -1.26. The summed E-state index contributed by atoms with van der Waals surface area (Å²) in [6.45, 7) is 1.98. The largest absolute Gasteiger partial charge is 0.465 e. The van der Waals surface area contributed by atoms with Crippen LogP contribution in [0.1, 0.15) is 22.3 Å². The fourth-order valence-corrected chi connectivity index (χ4v) is 3.98. The number of rotatable bonds is 4. The molecule has 22 heavy (non-hydrogen) atoms. The summed E-state index contributed by atoms with van der Waals surface area (Å²) in [4.78, 5) is 25.4. The third-order valence-electron chi connectivity index (χ3n) is 3.64. The molecule has 0 saturated carbocycles.